The second-order valence-corrected chi connectivity index (χ2v) is 4.16. The molecule has 0 bridgehead atoms. The molecule has 86 valence electrons. The Morgan fingerprint density at radius 3 is 2.75 bits per heavy atom. The Bertz CT molecular complexity index is 503. The zero-order valence-corrected chi connectivity index (χ0v) is 9.51. The highest BCUT2D eigenvalue weighted by Crippen LogP contribution is 2.25. The van der Waals surface area contributed by atoms with Crippen molar-refractivity contribution in [2.45, 2.75) is 26.3 Å². The highest BCUT2D eigenvalue weighted by atomic mass is 16.3. The molecule has 1 heterocycles. The molecule has 1 aromatic carbocycles. The van der Waals surface area contributed by atoms with Crippen molar-refractivity contribution in [3.8, 4) is 5.75 Å². The van der Waals surface area contributed by atoms with Crippen molar-refractivity contribution in [3.63, 3.8) is 0 Å². The second-order valence-electron chi connectivity index (χ2n) is 4.16. The number of hydrogen-bond donors (Lipinski definition) is 2. The number of benzene rings is 1. The van der Waals surface area contributed by atoms with Crippen molar-refractivity contribution in [1.82, 2.24) is 9.78 Å². The molecule has 0 amide bonds. The summed E-state index contributed by atoms with van der Waals surface area (Å²) >= 11 is 0. The van der Waals surface area contributed by atoms with E-state index in [0.29, 0.717) is 6.42 Å². The summed E-state index contributed by atoms with van der Waals surface area (Å²) in [6, 6.07) is 5.39. The Morgan fingerprint density at radius 1 is 1.38 bits per heavy atom. The maximum atomic E-state index is 9.40. The summed E-state index contributed by atoms with van der Waals surface area (Å²) in [5.74, 6) is 0.219. The zero-order valence-electron chi connectivity index (χ0n) is 9.51. The first-order valence-electron chi connectivity index (χ1n) is 5.44. The van der Waals surface area contributed by atoms with E-state index in [9.17, 15) is 5.11 Å². The van der Waals surface area contributed by atoms with Gasteiger partial charge in [0.25, 0.3) is 0 Å². The van der Waals surface area contributed by atoms with Crippen molar-refractivity contribution in [3.05, 3.63) is 23.9 Å². The van der Waals surface area contributed by atoms with Gasteiger partial charge in [-0.05, 0) is 26.0 Å². The molecule has 16 heavy (non-hydrogen) atoms. The first-order valence-corrected chi connectivity index (χ1v) is 5.44. The lowest BCUT2D eigenvalue weighted by Crippen LogP contribution is -2.08. The van der Waals surface area contributed by atoms with Crippen LogP contribution in [0, 0.1) is 0 Å². The molecule has 1 aromatic heterocycles. The van der Waals surface area contributed by atoms with Crippen LogP contribution in [-0.2, 0) is 6.42 Å². The van der Waals surface area contributed by atoms with Gasteiger partial charge in [-0.2, -0.15) is 5.10 Å². The SMILES string of the molecule is CC(C)n1nc2cc(O)ccc2c1CCO. The highest BCUT2D eigenvalue weighted by molar-refractivity contribution is 5.83. The van der Waals surface area contributed by atoms with Crippen LogP contribution in [-0.4, -0.2) is 26.6 Å². The van der Waals surface area contributed by atoms with E-state index in [2.05, 4.69) is 5.10 Å². The van der Waals surface area contributed by atoms with E-state index in [4.69, 9.17) is 5.11 Å². The van der Waals surface area contributed by atoms with E-state index in [0.717, 1.165) is 16.6 Å². The Kier molecular flexibility index (Phi) is 2.83. The van der Waals surface area contributed by atoms with Gasteiger partial charge in [0.15, 0.2) is 0 Å². The summed E-state index contributed by atoms with van der Waals surface area (Å²) in [5, 5.41) is 23.9. The van der Waals surface area contributed by atoms with Crippen molar-refractivity contribution < 1.29 is 10.2 Å². The Hall–Kier alpha value is -1.55. The van der Waals surface area contributed by atoms with Crippen LogP contribution in [0.1, 0.15) is 25.6 Å². The van der Waals surface area contributed by atoms with Gasteiger partial charge in [0.2, 0.25) is 0 Å². The van der Waals surface area contributed by atoms with E-state index in [1.807, 2.05) is 24.6 Å². The summed E-state index contributed by atoms with van der Waals surface area (Å²) in [6.45, 7) is 4.20. The Morgan fingerprint density at radius 2 is 2.12 bits per heavy atom. The first kappa shape index (κ1) is 11.0. The van der Waals surface area contributed by atoms with Crippen molar-refractivity contribution in [2.24, 2.45) is 0 Å². The molecule has 0 aliphatic carbocycles. The van der Waals surface area contributed by atoms with Gasteiger partial charge in [-0.3, -0.25) is 4.68 Å². The van der Waals surface area contributed by atoms with Crippen LogP contribution in [0.25, 0.3) is 10.9 Å². The van der Waals surface area contributed by atoms with Crippen LogP contribution in [0.5, 0.6) is 5.75 Å². The quantitative estimate of drug-likeness (QED) is 0.830. The number of nitrogens with zero attached hydrogens (tertiary/aromatic N) is 2. The predicted octanol–water partition coefficient (Wildman–Crippen LogP) is 1.86. The number of phenolic OH excluding ortho intramolecular Hbond substituents is 1. The Labute approximate surface area is 94.1 Å². The van der Waals surface area contributed by atoms with Gasteiger partial charge in [-0.25, -0.2) is 0 Å². The summed E-state index contributed by atoms with van der Waals surface area (Å²) in [5.41, 5.74) is 1.80. The van der Waals surface area contributed by atoms with Crippen LogP contribution in [0.15, 0.2) is 18.2 Å². The van der Waals surface area contributed by atoms with Crippen molar-refractivity contribution in [2.75, 3.05) is 6.61 Å². The number of aliphatic hydroxyl groups is 1. The fourth-order valence-corrected chi connectivity index (χ4v) is 1.93. The molecular formula is C12H16N2O2. The Balaban J connectivity index is 2.65. The monoisotopic (exact) mass is 220 g/mol. The second kappa shape index (κ2) is 4.14. The van der Waals surface area contributed by atoms with E-state index >= 15 is 0 Å². The number of hydrogen-bond acceptors (Lipinski definition) is 3. The third-order valence-electron chi connectivity index (χ3n) is 2.62. The van der Waals surface area contributed by atoms with Crippen molar-refractivity contribution >= 4 is 10.9 Å². The summed E-state index contributed by atoms with van der Waals surface area (Å²) < 4.78 is 1.90. The van der Waals surface area contributed by atoms with E-state index in [1.54, 1.807) is 12.1 Å². The van der Waals surface area contributed by atoms with Crippen molar-refractivity contribution in [1.29, 1.82) is 0 Å². The minimum Gasteiger partial charge on any atom is -0.508 e. The molecule has 2 N–H and O–H groups in total. The highest BCUT2D eigenvalue weighted by Gasteiger charge is 2.12. The van der Waals surface area contributed by atoms with Gasteiger partial charge in [0, 0.05) is 36.2 Å². The summed E-state index contributed by atoms with van der Waals surface area (Å²) in [7, 11) is 0. The van der Waals surface area contributed by atoms with Crippen LogP contribution in [0.2, 0.25) is 0 Å². The van der Waals surface area contributed by atoms with Gasteiger partial charge >= 0.3 is 0 Å². The fourth-order valence-electron chi connectivity index (χ4n) is 1.93. The molecule has 0 fully saturated rings. The fraction of sp³-hybridized carbons (Fsp3) is 0.417. The first-order chi connectivity index (χ1) is 7.63. The molecule has 0 aliphatic rings. The lowest BCUT2D eigenvalue weighted by atomic mass is 10.1. The molecule has 0 spiro atoms. The average molecular weight is 220 g/mol. The molecular weight excluding hydrogens is 204 g/mol. The molecule has 0 unspecified atom stereocenters. The molecule has 4 heteroatoms. The molecule has 0 atom stereocenters. The van der Waals surface area contributed by atoms with Crippen LogP contribution < -0.4 is 0 Å². The number of aromatic hydroxyl groups is 1. The zero-order chi connectivity index (χ0) is 11.7. The van der Waals surface area contributed by atoms with Gasteiger partial charge in [0.1, 0.15) is 5.75 Å². The minimum atomic E-state index is 0.106. The molecule has 0 saturated carbocycles. The van der Waals surface area contributed by atoms with Crippen LogP contribution >= 0.6 is 0 Å². The average Bonchev–Trinajstić information content (AvgIpc) is 2.57. The molecule has 0 saturated heterocycles. The molecule has 2 rings (SSSR count). The lowest BCUT2D eigenvalue weighted by Gasteiger charge is -2.09. The maximum Gasteiger partial charge on any atom is 0.117 e. The number of phenols is 1. The molecule has 0 radical (unpaired) electrons. The third kappa shape index (κ3) is 1.76. The van der Waals surface area contributed by atoms with Gasteiger partial charge in [-0.1, -0.05) is 0 Å². The van der Waals surface area contributed by atoms with Gasteiger partial charge < -0.3 is 10.2 Å². The maximum absolute atomic E-state index is 9.40. The topological polar surface area (TPSA) is 58.3 Å². The smallest absolute Gasteiger partial charge is 0.117 e. The van der Waals surface area contributed by atoms with E-state index in [1.165, 1.54) is 0 Å². The number of rotatable bonds is 3. The van der Waals surface area contributed by atoms with Crippen LogP contribution in [0.3, 0.4) is 0 Å². The minimum absolute atomic E-state index is 0.106. The van der Waals surface area contributed by atoms with Gasteiger partial charge in [0.05, 0.1) is 5.52 Å². The number of fused-ring (bicyclic) bond motifs is 1. The lowest BCUT2D eigenvalue weighted by molar-refractivity contribution is 0.294. The van der Waals surface area contributed by atoms with E-state index in [-0.39, 0.29) is 18.4 Å². The third-order valence-corrected chi connectivity index (χ3v) is 2.62. The molecule has 2 aromatic rings. The number of aromatic nitrogens is 2. The molecule has 0 aliphatic heterocycles. The normalized spacial score (nSPS) is 11.5. The molecule has 4 nitrogen and oxygen atoms in total. The van der Waals surface area contributed by atoms with E-state index < -0.39 is 0 Å². The number of aliphatic hydroxyl groups excluding tert-OH is 1. The van der Waals surface area contributed by atoms with Gasteiger partial charge in [-0.15, -0.1) is 0 Å². The predicted molar refractivity (Wildman–Crippen MR) is 62.6 cm³/mol. The van der Waals surface area contributed by atoms with Crippen LogP contribution in [0.4, 0.5) is 0 Å². The standard InChI is InChI=1S/C12H16N2O2/c1-8(2)14-12(5-6-15)10-4-3-9(16)7-11(10)13-14/h3-4,7-8,15-16H,5-6H2,1-2H3. The summed E-state index contributed by atoms with van der Waals surface area (Å²) in [4.78, 5) is 0. The summed E-state index contributed by atoms with van der Waals surface area (Å²) in [6.07, 6.45) is 0.583. The largest absolute Gasteiger partial charge is 0.508 e.